The summed E-state index contributed by atoms with van der Waals surface area (Å²) in [5.41, 5.74) is -0.818. The van der Waals surface area contributed by atoms with Gasteiger partial charge in [-0.1, -0.05) is 34.6 Å². The molecular formula is C15H28BO4P. The van der Waals surface area contributed by atoms with Crippen LogP contribution in [0.4, 0.5) is 0 Å². The molecule has 0 rings (SSSR count). The summed E-state index contributed by atoms with van der Waals surface area (Å²) in [6, 6.07) is 0. The molecule has 3 atom stereocenters. The molecule has 3 unspecified atom stereocenters. The van der Waals surface area contributed by atoms with Crippen LogP contribution in [0.1, 0.15) is 55.2 Å². The Kier molecular flexibility index (Phi) is 8.08. The van der Waals surface area contributed by atoms with Crippen LogP contribution < -0.4 is 0 Å². The summed E-state index contributed by atoms with van der Waals surface area (Å²) in [6.07, 6.45) is -1.03. The second kappa shape index (κ2) is 9.02. The number of aliphatic hydroxyl groups is 1. The Morgan fingerprint density at radius 1 is 1.43 bits per heavy atom. The van der Waals surface area contributed by atoms with E-state index in [4.69, 9.17) is 13.5 Å². The molecule has 120 valence electrons. The van der Waals surface area contributed by atoms with Crippen LogP contribution in [-0.2, 0) is 14.1 Å². The molecular weight excluding hydrogens is 286 g/mol. The number of rotatable bonds is 9. The Morgan fingerprint density at radius 2 is 2.00 bits per heavy atom. The fraction of sp³-hybridized carbons (Fsp3) is 0.867. The minimum atomic E-state index is -1.03. The smallest absolute Gasteiger partial charge is 0.148 e. The van der Waals surface area contributed by atoms with Gasteiger partial charge in [0.1, 0.15) is 19.1 Å². The number of Topliss-reactive ketones (excluding diaryl/α,β-unsaturated/α-hetero) is 2. The van der Waals surface area contributed by atoms with Gasteiger partial charge in [0.05, 0.1) is 18.6 Å². The normalized spacial score (nSPS) is 17.2. The van der Waals surface area contributed by atoms with Crippen molar-refractivity contribution in [3.8, 4) is 0 Å². The quantitative estimate of drug-likeness (QED) is 0.404. The summed E-state index contributed by atoms with van der Waals surface area (Å²) < 4.78 is 12.9. The lowest BCUT2D eigenvalue weighted by molar-refractivity contribution is -0.132. The van der Waals surface area contributed by atoms with E-state index in [1.54, 1.807) is 20.5 Å². The van der Waals surface area contributed by atoms with Crippen LogP contribution in [0.5, 0.6) is 0 Å². The van der Waals surface area contributed by atoms with E-state index in [2.05, 4.69) is 0 Å². The van der Waals surface area contributed by atoms with Crippen molar-refractivity contribution in [2.75, 3.05) is 6.66 Å². The monoisotopic (exact) mass is 316 g/mol. The van der Waals surface area contributed by atoms with E-state index in [-0.39, 0.29) is 43.3 Å². The van der Waals surface area contributed by atoms with Gasteiger partial charge < -0.3 is 9.63 Å². The lowest BCUT2D eigenvalue weighted by Gasteiger charge is -2.26. The minimum Gasteiger partial charge on any atom is -0.393 e. The Morgan fingerprint density at radius 3 is 2.43 bits per heavy atom. The van der Waals surface area contributed by atoms with Gasteiger partial charge >= 0.3 is 0 Å². The van der Waals surface area contributed by atoms with Crippen molar-refractivity contribution in [3.05, 3.63) is 0 Å². The Hall–Kier alpha value is -0.245. The van der Waals surface area contributed by atoms with Gasteiger partial charge in [-0.15, -0.1) is 0 Å². The summed E-state index contributed by atoms with van der Waals surface area (Å²) in [5, 5.41) is 10.0. The molecule has 4 nitrogen and oxygen atoms in total. The standard InChI is InChI=1S/C15H28BO4P/c1-10(2)13(20-21(6)16)8-11(17)7-12(18)9-14(19)15(3,4)5/h10-11,13,17H,7-9H2,1-6H3/i3T. The molecule has 0 aromatic carbocycles. The van der Waals surface area contributed by atoms with Gasteiger partial charge in [0.15, 0.2) is 0 Å². The third kappa shape index (κ3) is 9.39. The summed E-state index contributed by atoms with van der Waals surface area (Å²) >= 11 is 0. The van der Waals surface area contributed by atoms with E-state index in [0.717, 1.165) is 0 Å². The molecule has 0 spiro atoms. The number of carbonyl (C=O) groups excluding carboxylic acids is 2. The van der Waals surface area contributed by atoms with E-state index in [1.807, 2.05) is 13.8 Å². The zero-order valence-corrected chi connectivity index (χ0v) is 14.7. The average molecular weight is 316 g/mol. The second-order valence-electron chi connectivity index (χ2n) is 6.55. The molecule has 0 aliphatic rings. The van der Waals surface area contributed by atoms with Crippen molar-refractivity contribution in [1.82, 2.24) is 0 Å². The maximum Gasteiger partial charge on any atom is 0.148 e. The molecule has 0 aliphatic heterocycles. The summed E-state index contributed by atoms with van der Waals surface area (Å²) in [6.45, 7) is 8.97. The third-order valence-electron chi connectivity index (χ3n) is 3.13. The van der Waals surface area contributed by atoms with E-state index in [0.29, 0.717) is 6.42 Å². The van der Waals surface area contributed by atoms with Gasteiger partial charge in [-0.3, -0.25) is 9.59 Å². The molecule has 0 saturated carbocycles. The second-order valence-corrected chi connectivity index (χ2v) is 7.85. The van der Waals surface area contributed by atoms with Crippen LogP contribution in [0.2, 0.25) is 0 Å². The van der Waals surface area contributed by atoms with Crippen LogP contribution in [0, 0.1) is 11.3 Å². The first-order chi connectivity index (χ1) is 9.99. The molecule has 2 radical (unpaired) electrons. The number of hydrogen-bond donors (Lipinski definition) is 1. The lowest BCUT2D eigenvalue weighted by Crippen LogP contribution is -2.28. The molecule has 0 bridgehead atoms. The zero-order chi connectivity index (χ0) is 17.5. The van der Waals surface area contributed by atoms with Crippen LogP contribution in [0.3, 0.4) is 0 Å². The van der Waals surface area contributed by atoms with E-state index < -0.39 is 19.5 Å². The van der Waals surface area contributed by atoms with Gasteiger partial charge in [-0.25, -0.2) is 0 Å². The minimum absolute atomic E-state index is 0.0541. The highest BCUT2D eigenvalue weighted by molar-refractivity contribution is 7.77. The average Bonchev–Trinajstić information content (AvgIpc) is 2.36. The fourth-order valence-electron chi connectivity index (χ4n) is 1.76. The predicted molar refractivity (Wildman–Crippen MR) is 87.6 cm³/mol. The zero-order valence-electron chi connectivity index (χ0n) is 14.8. The Bertz CT molecular complexity index is 375. The Balaban J connectivity index is 4.43. The number of hydrogen-bond acceptors (Lipinski definition) is 4. The summed E-state index contributed by atoms with van der Waals surface area (Å²) in [4.78, 5) is 23.8. The van der Waals surface area contributed by atoms with Crippen molar-refractivity contribution in [3.63, 3.8) is 0 Å². The van der Waals surface area contributed by atoms with E-state index >= 15 is 0 Å². The largest absolute Gasteiger partial charge is 0.393 e. The summed E-state index contributed by atoms with van der Waals surface area (Å²) in [5.74, 6) is -0.370. The van der Waals surface area contributed by atoms with Crippen LogP contribution in [0.15, 0.2) is 0 Å². The van der Waals surface area contributed by atoms with Crippen LogP contribution in [0.25, 0.3) is 0 Å². The van der Waals surface area contributed by atoms with Crippen LogP contribution in [-0.4, -0.2) is 43.1 Å². The number of ketones is 2. The maximum atomic E-state index is 11.9. The topological polar surface area (TPSA) is 63.6 Å². The van der Waals surface area contributed by atoms with Gasteiger partial charge in [0, 0.05) is 19.6 Å². The fourth-order valence-corrected chi connectivity index (χ4v) is 2.51. The Labute approximate surface area is 132 Å². The van der Waals surface area contributed by atoms with Gasteiger partial charge in [-0.05, 0) is 20.6 Å². The molecule has 21 heavy (non-hydrogen) atoms. The first-order valence-corrected chi connectivity index (χ1v) is 8.94. The van der Waals surface area contributed by atoms with Crippen molar-refractivity contribution < 1.29 is 20.6 Å². The molecule has 0 aliphatic carbocycles. The molecule has 0 amide bonds. The first-order valence-electron chi connectivity index (χ1n) is 7.87. The predicted octanol–water partition coefficient (Wildman–Crippen LogP) is 2.85. The highest BCUT2D eigenvalue weighted by atomic mass is 31.1. The lowest BCUT2D eigenvalue weighted by atomic mass is 9.87. The molecule has 0 saturated heterocycles. The molecule has 0 aromatic heterocycles. The highest BCUT2D eigenvalue weighted by Crippen LogP contribution is 2.31. The van der Waals surface area contributed by atoms with Crippen LogP contribution >= 0.6 is 8.03 Å². The molecule has 1 N–H and O–H groups in total. The molecule has 0 aromatic rings. The number of carbonyl (C=O) groups is 2. The van der Waals surface area contributed by atoms with Crippen molar-refractivity contribution in [2.45, 2.75) is 66.1 Å². The highest BCUT2D eigenvalue weighted by Gasteiger charge is 2.26. The van der Waals surface area contributed by atoms with Crippen molar-refractivity contribution >= 4 is 27.2 Å². The molecule has 0 heterocycles. The SMILES string of the molecule is [3H]CC(C)(C)C(=O)CC(=O)CC(O)CC(OP([B])C)C(C)C. The van der Waals surface area contributed by atoms with Crippen molar-refractivity contribution in [1.29, 1.82) is 0 Å². The van der Waals surface area contributed by atoms with Gasteiger partial charge in [0.2, 0.25) is 0 Å². The molecule has 6 heteroatoms. The summed E-state index contributed by atoms with van der Waals surface area (Å²) in [7, 11) is 4.64. The first kappa shape index (κ1) is 18.8. The van der Waals surface area contributed by atoms with Gasteiger partial charge in [-0.2, -0.15) is 0 Å². The number of aliphatic hydroxyl groups excluding tert-OH is 1. The van der Waals surface area contributed by atoms with E-state index in [1.165, 1.54) is 0 Å². The maximum absolute atomic E-state index is 11.9. The molecule has 0 fully saturated rings. The van der Waals surface area contributed by atoms with Gasteiger partial charge in [0.25, 0.3) is 0 Å². The van der Waals surface area contributed by atoms with E-state index in [9.17, 15) is 14.7 Å². The van der Waals surface area contributed by atoms with Crippen molar-refractivity contribution in [2.24, 2.45) is 11.3 Å². The third-order valence-corrected chi connectivity index (χ3v) is 3.73.